The van der Waals surface area contributed by atoms with Crippen LogP contribution >= 0.6 is 0 Å². The van der Waals surface area contributed by atoms with Crippen molar-refractivity contribution in [1.82, 2.24) is 9.80 Å². The van der Waals surface area contributed by atoms with Crippen LogP contribution in [0, 0.1) is 0 Å². The van der Waals surface area contributed by atoms with Crippen molar-refractivity contribution in [2.24, 2.45) is 5.73 Å². The van der Waals surface area contributed by atoms with Gasteiger partial charge in [0.25, 0.3) is 0 Å². The van der Waals surface area contributed by atoms with Gasteiger partial charge in [-0.15, -0.1) is 0 Å². The van der Waals surface area contributed by atoms with Crippen LogP contribution in [0.4, 0.5) is 10.5 Å². The van der Waals surface area contributed by atoms with E-state index in [0.717, 1.165) is 63.2 Å². The van der Waals surface area contributed by atoms with Crippen LogP contribution < -0.4 is 11.1 Å². The molecule has 2 aromatic carbocycles. The summed E-state index contributed by atoms with van der Waals surface area (Å²) in [4.78, 5) is 17.0. The van der Waals surface area contributed by atoms with E-state index in [2.05, 4.69) is 40.5 Å². The summed E-state index contributed by atoms with van der Waals surface area (Å²) in [7, 11) is 0. The fourth-order valence-corrected chi connectivity index (χ4v) is 3.53. The monoisotopic (exact) mass is 366 g/mol. The quantitative estimate of drug-likeness (QED) is 0.824. The van der Waals surface area contributed by atoms with Gasteiger partial charge in [0.1, 0.15) is 0 Å². The Kier molecular flexibility index (Phi) is 7.25. The van der Waals surface area contributed by atoms with Gasteiger partial charge < -0.3 is 20.9 Å². The first-order valence-electron chi connectivity index (χ1n) is 9.86. The van der Waals surface area contributed by atoms with Gasteiger partial charge in [-0.1, -0.05) is 42.5 Å². The fourth-order valence-electron chi connectivity index (χ4n) is 3.53. The Morgan fingerprint density at radius 2 is 1.78 bits per heavy atom. The average molecular weight is 367 g/mol. The van der Waals surface area contributed by atoms with Gasteiger partial charge in [0.15, 0.2) is 0 Å². The summed E-state index contributed by atoms with van der Waals surface area (Å²) in [5.74, 6) is 0. The molecule has 1 saturated heterocycles. The highest BCUT2D eigenvalue weighted by Crippen LogP contribution is 2.13. The van der Waals surface area contributed by atoms with Gasteiger partial charge in [-0.2, -0.15) is 0 Å². The van der Waals surface area contributed by atoms with Crippen LogP contribution in [0.5, 0.6) is 0 Å². The first-order valence-corrected chi connectivity index (χ1v) is 9.86. The lowest BCUT2D eigenvalue weighted by molar-refractivity contribution is 0.211. The number of anilines is 1. The van der Waals surface area contributed by atoms with Crippen LogP contribution in [0.1, 0.15) is 24.0 Å². The molecule has 0 bridgehead atoms. The summed E-state index contributed by atoms with van der Waals surface area (Å²) < 4.78 is 0. The second kappa shape index (κ2) is 10.1. The Hall–Kier alpha value is -2.37. The average Bonchev–Trinajstić information content (AvgIpc) is 2.95. The Morgan fingerprint density at radius 3 is 2.59 bits per heavy atom. The standard InChI is InChI=1S/C22H30N4O/c23-18-20-9-4-11-21(17-20)24-22(27)26-14-6-13-25(15-16-26)12-5-10-19-7-2-1-3-8-19/h1-4,7-9,11,17H,5-6,10,12-16,18,23H2,(H,24,27). The topological polar surface area (TPSA) is 61.6 Å². The normalized spacial score (nSPS) is 15.4. The number of aryl methyl sites for hydroxylation is 1. The highest BCUT2D eigenvalue weighted by molar-refractivity contribution is 5.89. The fraction of sp³-hybridized carbons (Fsp3) is 0.409. The van der Waals surface area contributed by atoms with E-state index in [0.29, 0.717) is 6.54 Å². The zero-order chi connectivity index (χ0) is 18.9. The summed E-state index contributed by atoms with van der Waals surface area (Å²) >= 11 is 0. The zero-order valence-electron chi connectivity index (χ0n) is 15.9. The number of carbonyl (C=O) groups excluding carboxylic acids is 1. The predicted molar refractivity (Wildman–Crippen MR) is 111 cm³/mol. The number of nitrogens with zero attached hydrogens (tertiary/aromatic N) is 2. The summed E-state index contributed by atoms with van der Waals surface area (Å²) in [5.41, 5.74) is 8.91. The molecular weight excluding hydrogens is 336 g/mol. The van der Waals surface area contributed by atoms with Gasteiger partial charge in [-0.05, 0) is 55.6 Å². The maximum atomic E-state index is 12.6. The molecule has 0 saturated carbocycles. The Bertz CT molecular complexity index is 719. The maximum absolute atomic E-state index is 12.6. The largest absolute Gasteiger partial charge is 0.326 e. The molecule has 1 aliphatic rings. The molecule has 0 aliphatic carbocycles. The highest BCUT2D eigenvalue weighted by atomic mass is 16.2. The summed E-state index contributed by atoms with van der Waals surface area (Å²) in [6.45, 7) is 5.13. The summed E-state index contributed by atoms with van der Waals surface area (Å²) in [6.07, 6.45) is 3.28. The van der Waals surface area contributed by atoms with Crippen molar-refractivity contribution in [2.75, 3.05) is 38.0 Å². The van der Waals surface area contributed by atoms with E-state index >= 15 is 0 Å². The summed E-state index contributed by atoms with van der Waals surface area (Å²) in [5, 5.41) is 3.01. The molecule has 27 heavy (non-hydrogen) atoms. The molecule has 5 nitrogen and oxygen atoms in total. The molecule has 3 N–H and O–H groups in total. The number of carbonyl (C=O) groups is 1. The minimum Gasteiger partial charge on any atom is -0.326 e. The van der Waals surface area contributed by atoms with Gasteiger partial charge in [0.2, 0.25) is 0 Å². The predicted octanol–water partition coefficient (Wildman–Crippen LogP) is 3.32. The second-order valence-corrected chi connectivity index (χ2v) is 7.11. The number of nitrogens with one attached hydrogen (secondary N) is 1. The lowest BCUT2D eigenvalue weighted by atomic mass is 10.1. The molecule has 0 unspecified atom stereocenters. The van der Waals surface area contributed by atoms with Crippen LogP contribution in [-0.4, -0.2) is 48.6 Å². The van der Waals surface area contributed by atoms with E-state index in [1.807, 2.05) is 29.2 Å². The van der Waals surface area contributed by atoms with Crippen molar-refractivity contribution in [2.45, 2.75) is 25.8 Å². The molecule has 0 aromatic heterocycles. The van der Waals surface area contributed by atoms with Gasteiger partial charge in [-0.25, -0.2) is 4.79 Å². The van der Waals surface area contributed by atoms with Crippen molar-refractivity contribution in [3.05, 3.63) is 65.7 Å². The van der Waals surface area contributed by atoms with Crippen LogP contribution in [0.3, 0.4) is 0 Å². The number of urea groups is 1. The van der Waals surface area contributed by atoms with Crippen LogP contribution in [0.2, 0.25) is 0 Å². The van der Waals surface area contributed by atoms with Gasteiger partial charge in [0, 0.05) is 31.9 Å². The molecule has 0 spiro atoms. The van der Waals surface area contributed by atoms with Crippen molar-refractivity contribution in [3.63, 3.8) is 0 Å². The number of benzene rings is 2. The highest BCUT2D eigenvalue weighted by Gasteiger charge is 2.19. The number of amides is 2. The molecular formula is C22H30N4O. The van der Waals surface area contributed by atoms with Crippen molar-refractivity contribution < 1.29 is 4.79 Å². The smallest absolute Gasteiger partial charge is 0.321 e. The van der Waals surface area contributed by atoms with Crippen LogP contribution in [0.25, 0.3) is 0 Å². The Balaban J connectivity index is 1.44. The Morgan fingerprint density at radius 1 is 0.963 bits per heavy atom. The molecule has 3 rings (SSSR count). The molecule has 1 heterocycles. The molecule has 2 amide bonds. The molecule has 144 valence electrons. The van der Waals surface area contributed by atoms with E-state index in [1.165, 1.54) is 5.56 Å². The molecule has 0 atom stereocenters. The lowest BCUT2D eigenvalue weighted by Crippen LogP contribution is -2.38. The lowest BCUT2D eigenvalue weighted by Gasteiger charge is -2.22. The maximum Gasteiger partial charge on any atom is 0.321 e. The Labute approximate surface area is 162 Å². The van der Waals surface area contributed by atoms with E-state index in [9.17, 15) is 4.79 Å². The molecule has 0 radical (unpaired) electrons. The third kappa shape index (κ3) is 6.08. The number of hydrogen-bond donors (Lipinski definition) is 2. The molecule has 2 aromatic rings. The third-order valence-corrected chi connectivity index (χ3v) is 5.07. The summed E-state index contributed by atoms with van der Waals surface area (Å²) in [6, 6.07) is 18.4. The minimum absolute atomic E-state index is 0.0182. The molecule has 5 heteroatoms. The first-order chi connectivity index (χ1) is 13.2. The van der Waals surface area contributed by atoms with Gasteiger partial charge in [-0.3, -0.25) is 0 Å². The van der Waals surface area contributed by atoms with Gasteiger partial charge in [0.05, 0.1) is 0 Å². The van der Waals surface area contributed by atoms with E-state index in [1.54, 1.807) is 0 Å². The van der Waals surface area contributed by atoms with E-state index in [4.69, 9.17) is 5.73 Å². The first kappa shape index (κ1) is 19.4. The van der Waals surface area contributed by atoms with E-state index < -0.39 is 0 Å². The number of rotatable bonds is 6. The van der Waals surface area contributed by atoms with Crippen LogP contribution in [0.15, 0.2) is 54.6 Å². The van der Waals surface area contributed by atoms with Crippen molar-refractivity contribution >= 4 is 11.7 Å². The second-order valence-electron chi connectivity index (χ2n) is 7.11. The minimum atomic E-state index is -0.0182. The van der Waals surface area contributed by atoms with Crippen molar-refractivity contribution in [3.8, 4) is 0 Å². The molecule has 1 fully saturated rings. The number of nitrogens with two attached hydrogens (primary N) is 1. The van der Waals surface area contributed by atoms with Gasteiger partial charge >= 0.3 is 6.03 Å². The molecule has 1 aliphatic heterocycles. The van der Waals surface area contributed by atoms with Crippen molar-refractivity contribution in [1.29, 1.82) is 0 Å². The SMILES string of the molecule is NCc1cccc(NC(=O)N2CCCN(CCCc3ccccc3)CC2)c1. The van der Waals surface area contributed by atoms with E-state index in [-0.39, 0.29) is 6.03 Å². The third-order valence-electron chi connectivity index (χ3n) is 5.07. The van der Waals surface area contributed by atoms with Crippen LogP contribution in [-0.2, 0) is 13.0 Å². The zero-order valence-corrected chi connectivity index (χ0v) is 15.9. The number of hydrogen-bond acceptors (Lipinski definition) is 3.